The van der Waals surface area contributed by atoms with E-state index in [1.54, 1.807) is 6.08 Å². The first-order chi connectivity index (χ1) is 29.5. The first-order valence-corrected chi connectivity index (χ1v) is 26.3. The highest BCUT2D eigenvalue weighted by molar-refractivity contribution is 5.76. The van der Waals surface area contributed by atoms with E-state index in [1.807, 2.05) is 6.08 Å². The van der Waals surface area contributed by atoms with Gasteiger partial charge in [0.1, 0.15) is 0 Å². The van der Waals surface area contributed by atoms with Crippen molar-refractivity contribution in [1.82, 2.24) is 5.32 Å². The molecule has 0 saturated carbocycles. The van der Waals surface area contributed by atoms with Crippen LogP contribution in [0.15, 0.2) is 36.5 Å². The van der Waals surface area contributed by atoms with Gasteiger partial charge in [-0.25, -0.2) is 0 Å². The average Bonchev–Trinajstić information content (AvgIpc) is 3.25. The molecule has 2 atom stereocenters. The molecule has 6 heteroatoms. The van der Waals surface area contributed by atoms with E-state index in [9.17, 15) is 19.8 Å². The number of carbonyl (C=O) groups is 2. The minimum atomic E-state index is -0.850. The number of hydrogen-bond acceptors (Lipinski definition) is 5. The number of ether oxygens (including phenoxy) is 1. The Morgan fingerprint density at radius 1 is 0.467 bits per heavy atom. The number of amides is 1. The summed E-state index contributed by atoms with van der Waals surface area (Å²) in [5, 5.41) is 22.9. The number of unbranched alkanes of at least 4 members (excludes halogenated alkanes) is 33. The summed E-state index contributed by atoms with van der Waals surface area (Å²) in [6, 6.07) is -0.634. The molecule has 0 aromatic heterocycles. The number of allylic oxidation sites excluding steroid dienone is 5. The van der Waals surface area contributed by atoms with Crippen LogP contribution in [-0.2, 0) is 14.3 Å². The summed E-state index contributed by atoms with van der Waals surface area (Å²) in [4.78, 5) is 24.4. The molecule has 0 heterocycles. The molecule has 0 spiro atoms. The number of carbonyl (C=O) groups excluding carboxylic acids is 2. The summed E-state index contributed by atoms with van der Waals surface area (Å²) >= 11 is 0. The SMILES string of the molecule is CCCCC/C=C\C/C=C\CCCCCCCCCCCC(=O)OCCCCCCCCCCCCCCCCC(=O)NC(CO)C(O)/C=C/CCCCCCCCCC. The molecule has 60 heavy (non-hydrogen) atoms. The van der Waals surface area contributed by atoms with Gasteiger partial charge in [0, 0.05) is 12.8 Å². The second kappa shape index (κ2) is 49.7. The summed E-state index contributed by atoms with van der Waals surface area (Å²) in [6.07, 6.45) is 60.0. The van der Waals surface area contributed by atoms with E-state index in [0.717, 1.165) is 64.2 Å². The molecule has 0 saturated heterocycles. The Bertz CT molecular complexity index is 977. The highest BCUT2D eigenvalue weighted by Crippen LogP contribution is 2.16. The summed E-state index contributed by atoms with van der Waals surface area (Å²) in [5.41, 5.74) is 0. The van der Waals surface area contributed by atoms with Crippen LogP contribution in [0.5, 0.6) is 0 Å². The Labute approximate surface area is 373 Å². The fraction of sp³-hybridized carbons (Fsp3) is 0.852. The zero-order valence-electron chi connectivity index (χ0n) is 39.9. The number of nitrogens with one attached hydrogen (secondary N) is 1. The van der Waals surface area contributed by atoms with Crippen molar-refractivity contribution in [3.8, 4) is 0 Å². The second-order valence-electron chi connectivity index (χ2n) is 17.9. The van der Waals surface area contributed by atoms with E-state index in [2.05, 4.69) is 43.5 Å². The van der Waals surface area contributed by atoms with Crippen molar-refractivity contribution in [2.45, 2.75) is 283 Å². The fourth-order valence-electron chi connectivity index (χ4n) is 7.84. The smallest absolute Gasteiger partial charge is 0.305 e. The minimum Gasteiger partial charge on any atom is -0.466 e. The maximum Gasteiger partial charge on any atom is 0.305 e. The van der Waals surface area contributed by atoms with Gasteiger partial charge in [-0.3, -0.25) is 9.59 Å². The lowest BCUT2D eigenvalue weighted by atomic mass is 10.0. The monoisotopic (exact) mass is 844 g/mol. The van der Waals surface area contributed by atoms with E-state index in [1.165, 1.54) is 180 Å². The van der Waals surface area contributed by atoms with Gasteiger partial charge in [0.15, 0.2) is 0 Å². The molecule has 0 aromatic rings. The van der Waals surface area contributed by atoms with Crippen LogP contribution in [0.3, 0.4) is 0 Å². The molecule has 0 aliphatic carbocycles. The molecule has 1 amide bonds. The number of hydrogen-bond donors (Lipinski definition) is 3. The quantitative estimate of drug-likeness (QED) is 0.0322. The lowest BCUT2D eigenvalue weighted by Crippen LogP contribution is -2.45. The van der Waals surface area contributed by atoms with Gasteiger partial charge >= 0.3 is 5.97 Å². The molecule has 6 nitrogen and oxygen atoms in total. The fourth-order valence-corrected chi connectivity index (χ4v) is 7.84. The van der Waals surface area contributed by atoms with Gasteiger partial charge in [-0.1, -0.05) is 230 Å². The van der Waals surface area contributed by atoms with Crippen LogP contribution in [0.25, 0.3) is 0 Å². The molecule has 0 radical (unpaired) electrons. The minimum absolute atomic E-state index is 0.00801. The predicted molar refractivity (Wildman–Crippen MR) is 259 cm³/mol. The van der Waals surface area contributed by atoms with Crippen LogP contribution in [0.4, 0.5) is 0 Å². The van der Waals surface area contributed by atoms with Crippen molar-refractivity contribution >= 4 is 11.9 Å². The molecule has 0 aliphatic heterocycles. The summed E-state index contributed by atoms with van der Waals surface area (Å²) in [5.74, 6) is -0.0892. The highest BCUT2D eigenvalue weighted by atomic mass is 16.5. The van der Waals surface area contributed by atoms with Crippen molar-refractivity contribution in [3.05, 3.63) is 36.5 Å². The summed E-state index contributed by atoms with van der Waals surface area (Å²) < 4.78 is 5.47. The zero-order chi connectivity index (χ0) is 43.7. The Morgan fingerprint density at radius 2 is 0.833 bits per heavy atom. The van der Waals surface area contributed by atoms with Crippen LogP contribution in [0.2, 0.25) is 0 Å². The summed E-state index contributed by atoms with van der Waals surface area (Å²) in [6.45, 7) is 4.83. The molecule has 0 fully saturated rings. The molecule has 352 valence electrons. The third kappa shape index (κ3) is 45.6. The molecule has 0 aromatic carbocycles. The average molecular weight is 844 g/mol. The Kier molecular flexibility index (Phi) is 48.1. The molecule has 0 bridgehead atoms. The van der Waals surface area contributed by atoms with Gasteiger partial charge in [-0.05, 0) is 64.2 Å². The third-order valence-corrected chi connectivity index (χ3v) is 11.9. The van der Waals surface area contributed by atoms with E-state index in [-0.39, 0.29) is 18.5 Å². The third-order valence-electron chi connectivity index (χ3n) is 11.9. The van der Waals surface area contributed by atoms with Gasteiger partial charge < -0.3 is 20.3 Å². The standard InChI is InChI=1S/C54H101NO5/c1-3-5-7-9-11-13-15-16-17-18-19-20-21-25-28-32-36-40-44-48-54(59)60-49-45-41-37-33-29-26-23-22-24-27-31-35-39-43-47-53(58)55-51(50-56)52(57)46-42-38-34-30-14-12-10-8-6-4-2/h11,13,16-17,42,46,51-52,56-57H,3-10,12,14-15,18-41,43-45,47-50H2,1-2H3,(H,55,58)/b13-11-,17-16-,46-42+. The van der Waals surface area contributed by atoms with E-state index >= 15 is 0 Å². The Balaban J connectivity index is 3.43. The highest BCUT2D eigenvalue weighted by Gasteiger charge is 2.18. The molecule has 0 aliphatic rings. The van der Waals surface area contributed by atoms with Gasteiger partial charge in [-0.15, -0.1) is 0 Å². The van der Waals surface area contributed by atoms with E-state index in [4.69, 9.17) is 4.74 Å². The van der Waals surface area contributed by atoms with Crippen molar-refractivity contribution in [3.63, 3.8) is 0 Å². The maximum absolute atomic E-state index is 12.4. The largest absolute Gasteiger partial charge is 0.466 e. The van der Waals surface area contributed by atoms with Crippen molar-refractivity contribution < 1.29 is 24.5 Å². The lowest BCUT2D eigenvalue weighted by molar-refractivity contribution is -0.143. The summed E-state index contributed by atoms with van der Waals surface area (Å²) in [7, 11) is 0. The predicted octanol–water partition coefficient (Wildman–Crippen LogP) is 15.7. The topological polar surface area (TPSA) is 95.9 Å². The van der Waals surface area contributed by atoms with Crippen LogP contribution >= 0.6 is 0 Å². The van der Waals surface area contributed by atoms with Crippen molar-refractivity contribution in [2.75, 3.05) is 13.2 Å². The maximum atomic E-state index is 12.4. The first kappa shape index (κ1) is 58.1. The first-order valence-electron chi connectivity index (χ1n) is 26.3. The number of aliphatic hydroxyl groups excluding tert-OH is 2. The van der Waals surface area contributed by atoms with Gasteiger partial charge in [0.25, 0.3) is 0 Å². The zero-order valence-corrected chi connectivity index (χ0v) is 39.9. The molecule has 0 rings (SSSR count). The van der Waals surface area contributed by atoms with Gasteiger partial charge in [0.05, 0.1) is 25.4 Å². The molecule has 2 unspecified atom stereocenters. The van der Waals surface area contributed by atoms with Gasteiger partial charge in [-0.2, -0.15) is 0 Å². The van der Waals surface area contributed by atoms with Crippen molar-refractivity contribution in [2.24, 2.45) is 0 Å². The second-order valence-corrected chi connectivity index (χ2v) is 17.9. The Morgan fingerprint density at radius 3 is 1.30 bits per heavy atom. The Hall–Kier alpha value is -1.92. The number of esters is 1. The van der Waals surface area contributed by atoms with Crippen LogP contribution < -0.4 is 5.32 Å². The van der Waals surface area contributed by atoms with Crippen LogP contribution in [0.1, 0.15) is 271 Å². The van der Waals surface area contributed by atoms with E-state index < -0.39 is 12.1 Å². The number of aliphatic hydroxyl groups is 2. The molecule has 3 N–H and O–H groups in total. The van der Waals surface area contributed by atoms with Crippen LogP contribution in [-0.4, -0.2) is 47.4 Å². The van der Waals surface area contributed by atoms with Crippen molar-refractivity contribution in [1.29, 1.82) is 0 Å². The normalized spacial score (nSPS) is 12.9. The number of rotatable bonds is 48. The molecular weight excluding hydrogens is 743 g/mol. The lowest BCUT2D eigenvalue weighted by Gasteiger charge is -2.20. The van der Waals surface area contributed by atoms with Crippen LogP contribution in [0, 0.1) is 0 Å². The molecular formula is C54H101NO5. The van der Waals surface area contributed by atoms with Gasteiger partial charge in [0.2, 0.25) is 5.91 Å². The van der Waals surface area contributed by atoms with E-state index in [0.29, 0.717) is 19.4 Å².